The molecular weight excluding hydrogens is 250 g/mol. The fourth-order valence-corrected chi connectivity index (χ4v) is 2.15. The lowest BCUT2D eigenvalue weighted by atomic mass is 10.2. The summed E-state index contributed by atoms with van der Waals surface area (Å²) in [6.45, 7) is 1.99. The molecule has 0 radical (unpaired) electrons. The van der Waals surface area contributed by atoms with Crippen LogP contribution in [0.1, 0.15) is 18.7 Å². The molecule has 0 saturated carbocycles. The molecule has 100 valence electrons. The van der Waals surface area contributed by atoms with Crippen LogP contribution in [0.25, 0.3) is 5.65 Å². The quantitative estimate of drug-likeness (QED) is 0.792. The molecule has 1 aromatic carbocycles. The number of anilines is 1. The van der Waals surface area contributed by atoms with Crippen molar-refractivity contribution in [3.8, 4) is 0 Å². The maximum Gasteiger partial charge on any atom is 0.258 e. The third-order valence-electron chi connectivity index (χ3n) is 3.19. The third-order valence-corrected chi connectivity index (χ3v) is 3.19. The fraction of sp³-hybridized carbons (Fsp3) is 0.125. The molecule has 0 spiro atoms. The molecule has 3 rings (SSSR count). The highest BCUT2D eigenvalue weighted by Gasteiger charge is 2.09. The van der Waals surface area contributed by atoms with Crippen LogP contribution in [0.3, 0.4) is 0 Å². The van der Waals surface area contributed by atoms with Gasteiger partial charge < -0.3 is 5.32 Å². The molecule has 0 aliphatic heterocycles. The number of benzene rings is 1. The summed E-state index contributed by atoms with van der Waals surface area (Å²) in [6, 6.07) is 17.0. The smallest absolute Gasteiger partial charge is 0.258 e. The van der Waals surface area contributed by atoms with Crippen molar-refractivity contribution in [2.75, 3.05) is 5.32 Å². The van der Waals surface area contributed by atoms with Gasteiger partial charge in [-0.15, -0.1) is 0 Å². The molecule has 4 nitrogen and oxygen atoms in total. The molecule has 0 aliphatic rings. The van der Waals surface area contributed by atoms with E-state index in [9.17, 15) is 4.79 Å². The van der Waals surface area contributed by atoms with Crippen molar-refractivity contribution >= 4 is 11.3 Å². The number of hydrogen-bond acceptors (Lipinski definition) is 3. The molecule has 1 N–H and O–H groups in total. The van der Waals surface area contributed by atoms with E-state index < -0.39 is 0 Å². The molecule has 2 heterocycles. The average Bonchev–Trinajstić information content (AvgIpc) is 2.48. The average molecular weight is 265 g/mol. The standard InChI is InChI=1S/C16H15N3O/c1-12(17-13-7-3-2-4-8-13)14-11-16(20)19-10-6-5-9-15(19)18-14/h2-12,17H,1H3. The van der Waals surface area contributed by atoms with Crippen molar-refractivity contribution in [3.63, 3.8) is 0 Å². The van der Waals surface area contributed by atoms with Gasteiger partial charge in [-0.1, -0.05) is 24.3 Å². The predicted octanol–water partition coefficient (Wildman–Crippen LogP) is 2.87. The van der Waals surface area contributed by atoms with E-state index >= 15 is 0 Å². The van der Waals surface area contributed by atoms with Crippen LogP contribution >= 0.6 is 0 Å². The zero-order valence-corrected chi connectivity index (χ0v) is 11.2. The minimum absolute atomic E-state index is 0.0321. The van der Waals surface area contributed by atoms with Crippen LogP contribution in [0.15, 0.2) is 65.6 Å². The summed E-state index contributed by atoms with van der Waals surface area (Å²) in [5.74, 6) is 0. The minimum Gasteiger partial charge on any atom is -0.377 e. The highest BCUT2D eigenvalue weighted by Crippen LogP contribution is 2.16. The molecule has 2 aromatic heterocycles. The first-order valence-electron chi connectivity index (χ1n) is 6.54. The van der Waals surface area contributed by atoms with E-state index in [0.717, 1.165) is 11.4 Å². The number of para-hydroxylation sites is 1. The van der Waals surface area contributed by atoms with E-state index in [1.807, 2.05) is 55.5 Å². The Morgan fingerprint density at radius 3 is 2.65 bits per heavy atom. The maximum atomic E-state index is 12.1. The monoisotopic (exact) mass is 265 g/mol. The first-order chi connectivity index (χ1) is 9.74. The Balaban J connectivity index is 1.96. The Bertz CT molecular complexity index is 780. The fourth-order valence-electron chi connectivity index (χ4n) is 2.15. The molecular formula is C16H15N3O. The molecule has 1 unspecified atom stereocenters. The summed E-state index contributed by atoms with van der Waals surface area (Å²) in [5, 5.41) is 3.34. The summed E-state index contributed by atoms with van der Waals surface area (Å²) in [6.07, 6.45) is 1.73. The second-order valence-electron chi connectivity index (χ2n) is 4.68. The van der Waals surface area contributed by atoms with E-state index in [2.05, 4.69) is 10.3 Å². The van der Waals surface area contributed by atoms with Crippen molar-refractivity contribution in [2.24, 2.45) is 0 Å². The SMILES string of the molecule is CC(Nc1ccccc1)c1cc(=O)n2ccccc2n1. The largest absolute Gasteiger partial charge is 0.377 e. The number of aromatic nitrogens is 2. The van der Waals surface area contributed by atoms with Crippen LogP contribution in [-0.2, 0) is 0 Å². The van der Waals surface area contributed by atoms with E-state index in [1.165, 1.54) is 0 Å². The van der Waals surface area contributed by atoms with Gasteiger partial charge in [0.2, 0.25) is 0 Å². The lowest BCUT2D eigenvalue weighted by Crippen LogP contribution is -2.18. The van der Waals surface area contributed by atoms with Gasteiger partial charge in [-0.25, -0.2) is 4.98 Å². The Kier molecular flexibility index (Phi) is 3.21. The topological polar surface area (TPSA) is 46.4 Å². The van der Waals surface area contributed by atoms with Crippen LogP contribution in [0.4, 0.5) is 5.69 Å². The van der Waals surface area contributed by atoms with Crippen LogP contribution < -0.4 is 10.9 Å². The summed E-state index contributed by atoms with van der Waals surface area (Å²) in [7, 11) is 0. The van der Waals surface area contributed by atoms with Crippen molar-refractivity contribution in [1.29, 1.82) is 0 Å². The maximum absolute atomic E-state index is 12.1. The minimum atomic E-state index is -0.0627. The second kappa shape index (κ2) is 5.17. The molecule has 0 fully saturated rings. The number of hydrogen-bond donors (Lipinski definition) is 1. The second-order valence-corrected chi connectivity index (χ2v) is 4.68. The van der Waals surface area contributed by atoms with Gasteiger partial charge in [-0.2, -0.15) is 0 Å². The molecule has 4 heteroatoms. The highest BCUT2D eigenvalue weighted by molar-refractivity contribution is 5.45. The summed E-state index contributed by atoms with van der Waals surface area (Å²) < 4.78 is 1.54. The molecule has 0 saturated heterocycles. The van der Waals surface area contributed by atoms with Crippen LogP contribution in [-0.4, -0.2) is 9.38 Å². The Hall–Kier alpha value is -2.62. The van der Waals surface area contributed by atoms with E-state index in [0.29, 0.717) is 5.65 Å². The molecule has 0 amide bonds. The molecule has 0 aliphatic carbocycles. The Morgan fingerprint density at radius 2 is 1.85 bits per heavy atom. The van der Waals surface area contributed by atoms with Gasteiger partial charge in [0.25, 0.3) is 5.56 Å². The normalized spacial score (nSPS) is 12.2. The number of nitrogens with zero attached hydrogens (tertiary/aromatic N) is 2. The van der Waals surface area contributed by atoms with Gasteiger partial charge >= 0.3 is 0 Å². The van der Waals surface area contributed by atoms with Crippen molar-refractivity contribution < 1.29 is 0 Å². The lowest BCUT2D eigenvalue weighted by Gasteiger charge is -2.15. The van der Waals surface area contributed by atoms with Gasteiger partial charge in [0.15, 0.2) is 0 Å². The Labute approximate surface area is 116 Å². The van der Waals surface area contributed by atoms with Gasteiger partial charge in [0.1, 0.15) is 5.65 Å². The Morgan fingerprint density at radius 1 is 1.10 bits per heavy atom. The van der Waals surface area contributed by atoms with Crippen LogP contribution in [0.2, 0.25) is 0 Å². The number of fused-ring (bicyclic) bond motifs is 1. The molecule has 3 aromatic rings. The van der Waals surface area contributed by atoms with E-state index in [1.54, 1.807) is 16.7 Å². The van der Waals surface area contributed by atoms with Crippen molar-refractivity contribution in [3.05, 3.63) is 76.8 Å². The van der Waals surface area contributed by atoms with Gasteiger partial charge in [-0.05, 0) is 31.2 Å². The zero-order chi connectivity index (χ0) is 13.9. The number of pyridine rings is 1. The van der Waals surface area contributed by atoms with Crippen LogP contribution in [0.5, 0.6) is 0 Å². The van der Waals surface area contributed by atoms with Gasteiger partial charge in [-0.3, -0.25) is 9.20 Å². The summed E-state index contributed by atoms with van der Waals surface area (Å²) >= 11 is 0. The molecule has 20 heavy (non-hydrogen) atoms. The van der Waals surface area contributed by atoms with E-state index in [-0.39, 0.29) is 11.6 Å². The highest BCUT2D eigenvalue weighted by atomic mass is 16.1. The first kappa shape index (κ1) is 12.4. The molecule has 0 bridgehead atoms. The number of rotatable bonds is 3. The van der Waals surface area contributed by atoms with E-state index in [4.69, 9.17) is 0 Å². The van der Waals surface area contributed by atoms with Crippen molar-refractivity contribution in [2.45, 2.75) is 13.0 Å². The van der Waals surface area contributed by atoms with Crippen LogP contribution in [0, 0.1) is 0 Å². The molecule has 1 atom stereocenters. The first-order valence-corrected chi connectivity index (χ1v) is 6.54. The lowest BCUT2D eigenvalue weighted by molar-refractivity contribution is 0.827. The summed E-state index contributed by atoms with van der Waals surface area (Å²) in [5.41, 5.74) is 2.35. The van der Waals surface area contributed by atoms with Gasteiger partial charge in [0, 0.05) is 18.0 Å². The van der Waals surface area contributed by atoms with Gasteiger partial charge in [0.05, 0.1) is 11.7 Å². The van der Waals surface area contributed by atoms with Crippen molar-refractivity contribution in [1.82, 2.24) is 9.38 Å². The zero-order valence-electron chi connectivity index (χ0n) is 11.2. The number of nitrogens with one attached hydrogen (secondary N) is 1. The predicted molar refractivity (Wildman–Crippen MR) is 79.9 cm³/mol. The third kappa shape index (κ3) is 2.40. The summed E-state index contributed by atoms with van der Waals surface area (Å²) in [4.78, 5) is 16.6.